The fraction of sp³-hybridized carbons (Fsp3) is 0.368. The lowest BCUT2D eigenvalue weighted by atomic mass is 9.99. The van der Waals surface area contributed by atoms with Crippen molar-refractivity contribution in [2.45, 2.75) is 31.7 Å². The van der Waals surface area contributed by atoms with Crippen molar-refractivity contribution in [3.8, 4) is 0 Å². The molecule has 0 unspecified atom stereocenters. The maximum atomic E-state index is 6.30. The molecule has 4 N–H and O–H groups in total. The number of hydrogen-bond acceptors (Lipinski definition) is 3. The first kappa shape index (κ1) is 13.6. The molecule has 1 aliphatic heterocycles. The highest BCUT2D eigenvalue weighted by Crippen LogP contribution is 2.32. The van der Waals surface area contributed by atoms with Crippen LogP contribution in [0.15, 0.2) is 36.4 Å². The van der Waals surface area contributed by atoms with Gasteiger partial charge in [-0.3, -0.25) is 0 Å². The molecule has 2 aromatic carbocycles. The molecule has 1 aliphatic carbocycles. The van der Waals surface area contributed by atoms with E-state index in [0.29, 0.717) is 6.04 Å². The average molecular weight is 293 g/mol. The van der Waals surface area contributed by atoms with Gasteiger partial charge in [-0.1, -0.05) is 30.3 Å². The van der Waals surface area contributed by atoms with E-state index in [1.165, 1.54) is 27.9 Å². The van der Waals surface area contributed by atoms with Crippen LogP contribution < -0.4 is 16.4 Å². The summed E-state index contributed by atoms with van der Waals surface area (Å²) in [5, 5.41) is 7.24. The molecule has 2 aliphatic rings. The molecule has 3 nitrogen and oxygen atoms in total. The molecule has 2 aromatic rings. The number of nitrogens with one attached hydrogen (secondary N) is 2. The molecule has 3 heteroatoms. The van der Waals surface area contributed by atoms with Gasteiger partial charge in [0.2, 0.25) is 0 Å². The number of anilines is 2. The standard InChI is InChI=1S/C19H23N3/c20-18-6-5-13-7-9-21-10-8-17(13)19(18)22-16-11-14-3-1-2-4-15(14)12-16/h1-6,16,21-22H,7-12,20H2. The first-order valence-electron chi connectivity index (χ1n) is 8.25. The predicted molar refractivity (Wildman–Crippen MR) is 92.4 cm³/mol. The zero-order valence-electron chi connectivity index (χ0n) is 12.9. The van der Waals surface area contributed by atoms with Crippen LogP contribution >= 0.6 is 0 Å². The Morgan fingerprint density at radius 1 is 0.909 bits per heavy atom. The van der Waals surface area contributed by atoms with Crippen LogP contribution in [0.5, 0.6) is 0 Å². The van der Waals surface area contributed by atoms with E-state index in [4.69, 9.17) is 5.73 Å². The summed E-state index contributed by atoms with van der Waals surface area (Å²) in [4.78, 5) is 0. The highest BCUT2D eigenvalue weighted by molar-refractivity contribution is 5.73. The third kappa shape index (κ3) is 2.46. The van der Waals surface area contributed by atoms with Crippen LogP contribution in [0, 0.1) is 0 Å². The topological polar surface area (TPSA) is 50.1 Å². The SMILES string of the molecule is Nc1ccc2c(c1NC1Cc3ccccc3C1)CCNCC2. The fourth-order valence-electron chi connectivity index (χ4n) is 3.83. The van der Waals surface area contributed by atoms with E-state index in [1.54, 1.807) is 0 Å². The molecule has 0 saturated carbocycles. The van der Waals surface area contributed by atoms with Crippen molar-refractivity contribution >= 4 is 11.4 Å². The van der Waals surface area contributed by atoms with E-state index in [0.717, 1.165) is 44.5 Å². The van der Waals surface area contributed by atoms with Crippen molar-refractivity contribution in [1.82, 2.24) is 5.32 Å². The van der Waals surface area contributed by atoms with E-state index in [-0.39, 0.29) is 0 Å². The third-order valence-electron chi connectivity index (χ3n) is 4.96. The highest BCUT2D eigenvalue weighted by atomic mass is 14.9. The van der Waals surface area contributed by atoms with Crippen molar-refractivity contribution in [3.05, 3.63) is 58.7 Å². The number of rotatable bonds is 2. The van der Waals surface area contributed by atoms with Gasteiger partial charge in [0, 0.05) is 6.04 Å². The van der Waals surface area contributed by atoms with Gasteiger partial charge in [0.15, 0.2) is 0 Å². The molecular weight excluding hydrogens is 270 g/mol. The predicted octanol–water partition coefficient (Wildman–Crippen LogP) is 2.54. The minimum atomic E-state index is 0.461. The van der Waals surface area contributed by atoms with Crippen molar-refractivity contribution in [3.63, 3.8) is 0 Å². The lowest BCUT2D eigenvalue weighted by molar-refractivity contribution is 0.710. The molecule has 0 radical (unpaired) electrons. The number of nitrogens with two attached hydrogens (primary N) is 1. The van der Waals surface area contributed by atoms with Crippen LogP contribution in [0.4, 0.5) is 11.4 Å². The van der Waals surface area contributed by atoms with Gasteiger partial charge >= 0.3 is 0 Å². The smallest absolute Gasteiger partial charge is 0.0612 e. The second-order valence-corrected chi connectivity index (χ2v) is 6.44. The summed E-state index contributed by atoms with van der Waals surface area (Å²) in [7, 11) is 0. The van der Waals surface area contributed by atoms with Gasteiger partial charge in [-0.2, -0.15) is 0 Å². The van der Waals surface area contributed by atoms with Crippen molar-refractivity contribution in [1.29, 1.82) is 0 Å². The van der Waals surface area contributed by atoms with E-state index in [9.17, 15) is 0 Å². The first-order chi connectivity index (χ1) is 10.8. The summed E-state index contributed by atoms with van der Waals surface area (Å²) in [6.45, 7) is 2.10. The Balaban J connectivity index is 1.61. The largest absolute Gasteiger partial charge is 0.397 e. The zero-order valence-corrected chi connectivity index (χ0v) is 12.9. The Morgan fingerprint density at radius 3 is 2.41 bits per heavy atom. The van der Waals surface area contributed by atoms with Crippen LogP contribution in [-0.4, -0.2) is 19.1 Å². The Kier molecular flexibility index (Phi) is 3.51. The monoisotopic (exact) mass is 293 g/mol. The second kappa shape index (κ2) is 5.65. The summed E-state index contributed by atoms with van der Waals surface area (Å²) in [5.41, 5.74) is 14.2. The molecule has 114 valence electrons. The average Bonchev–Trinajstić information content (AvgIpc) is 2.78. The van der Waals surface area contributed by atoms with Gasteiger partial charge in [-0.15, -0.1) is 0 Å². The molecule has 0 atom stereocenters. The van der Waals surface area contributed by atoms with Gasteiger partial charge in [0.1, 0.15) is 0 Å². The van der Waals surface area contributed by atoms with Gasteiger partial charge in [-0.25, -0.2) is 0 Å². The third-order valence-corrected chi connectivity index (χ3v) is 4.96. The Labute approximate surface area is 131 Å². The Bertz CT molecular complexity index is 668. The van der Waals surface area contributed by atoms with E-state index < -0.39 is 0 Å². The number of benzene rings is 2. The summed E-state index contributed by atoms with van der Waals surface area (Å²) >= 11 is 0. The molecule has 0 spiro atoms. The van der Waals surface area contributed by atoms with E-state index in [1.807, 2.05) is 0 Å². The zero-order chi connectivity index (χ0) is 14.9. The minimum absolute atomic E-state index is 0.461. The second-order valence-electron chi connectivity index (χ2n) is 6.44. The minimum Gasteiger partial charge on any atom is -0.397 e. The van der Waals surface area contributed by atoms with Gasteiger partial charge < -0.3 is 16.4 Å². The number of fused-ring (bicyclic) bond motifs is 2. The van der Waals surface area contributed by atoms with Crippen LogP contribution in [0.3, 0.4) is 0 Å². The van der Waals surface area contributed by atoms with Crippen LogP contribution in [0.1, 0.15) is 22.3 Å². The fourth-order valence-corrected chi connectivity index (χ4v) is 3.83. The van der Waals surface area contributed by atoms with Crippen molar-refractivity contribution in [2.24, 2.45) is 0 Å². The van der Waals surface area contributed by atoms with Gasteiger partial charge in [0.25, 0.3) is 0 Å². The highest BCUT2D eigenvalue weighted by Gasteiger charge is 2.23. The lowest BCUT2D eigenvalue weighted by Crippen LogP contribution is -2.22. The number of hydrogen-bond donors (Lipinski definition) is 3. The maximum absolute atomic E-state index is 6.30. The number of nitrogen functional groups attached to an aromatic ring is 1. The summed E-state index contributed by atoms with van der Waals surface area (Å²) < 4.78 is 0. The molecule has 0 aromatic heterocycles. The summed E-state index contributed by atoms with van der Waals surface area (Å²) in [6.07, 6.45) is 4.34. The Morgan fingerprint density at radius 2 is 1.64 bits per heavy atom. The van der Waals surface area contributed by atoms with Crippen molar-refractivity contribution in [2.75, 3.05) is 24.1 Å². The lowest BCUT2D eigenvalue weighted by Gasteiger charge is -2.21. The molecule has 1 heterocycles. The quantitative estimate of drug-likeness (QED) is 0.746. The summed E-state index contributed by atoms with van der Waals surface area (Å²) in [6, 6.07) is 13.5. The summed E-state index contributed by atoms with van der Waals surface area (Å²) in [5.74, 6) is 0. The first-order valence-corrected chi connectivity index (χ1v) is 8.25. The van der Waals surface area contributed by atoms with Gasteiger partial charge in [-0.05, 0) is 67.1 Å². The molecule has 0 bridgehead atoms. The maximum Gasteiger partial charge on any atom is 0.0612 e. The van der Waals surface area contributed by atoms with Gasteiger partial charge in [0.05, 0.1) is 11.4 Å². The van der Waals surface area contributed by atoms with Crippen LogP contribution in [-0.2, 0) is 25.7 Å². The molecule has 22 heavy (non-hydrogen) atoms. The molecule has 4 rings (SSSR count). The van der Waals surface area contributed by atoms with Crippen LogP contribution in [0.2, 0.25) is 0 Å². The molecule has 0 fully saturated rings. The molecule has 0 saturated heterocycles. The van der Waals surface area contributed by atoms with E-state index in [2.05, 4.69) is 47.0 Å². The Hall–Kier alpha value is -2.00. The van der Waals surface area contributed by atoms with E-state index >= 15 is 0 Å². The normalized spacial score (nSPS) is 17.6. The van der Waals surface area contributed by atoms with Crippen LogP contribution in [0.25, 0.3) is 0 Å². The van der Waals surface area contributed by atoms with Crippen molar-refractivity contribution < 1.29 is 0 Å². The molecule has 0 amide bonds. The molecular formula is C19H23N3.